The van der Waals surface area contributed by atoms with Gasteiger partial charge in [0, 0.05) is 50.2 Å². The van der Waals surface area contributed by atoms with Crippen molar-refractivity contribution in [1.82, 2.24) is 30.3 Å². The molecule has 0 radical (unpaired) electrons. The van der Waals surface area contributed by atoms with Crippen LogP contribution >= 0.6 is 0 Å². The molecular formula is C41H48N6O8. The summed E-state index contributed by atoms with van der Waals surface area (Å²) in [5.74, 6) is 0.595. The third kappa shape index (κ3) is 8.61. The number of ether oxygens (including phenoxy) is 2. The molecule has 4 aromatic rings. The Morgan fingerprint density at radius 3 is 2.45 bits per heavy atom. The number of aromatic amines is 1. The molecule has 2 atom stereocenters. The Hall–Kier alpha value is -5.44. The number of aliphatic hydroxyl groups excluding tert-OH is 1. The van der Waals surface area contributed by atoms with Crippen molar-refractivity contribution < 1.29 is 34.1 Å². The Labute approximate surface area is 319 Å². The fourth-order valence-electron chi connectivity index (χ4n) is 7.84. The molecule has 2 bridgehead atoms. The molecule has 14 nitrogen and oxygen atoms in total. The van der Waals surface area contributed by atoms with Gasteiger partial charge in [0.1, 0.15) is 23.1 Å². The van der Waals surface area contributed by atoms with Gasteiger partial charge >= 0.3 is 6.09 Å². The van der Waals surface area contributed by atoms with E-state index in [4.69, 9.17) is 9.47 Å². The van der Waals surface area contributed by atoms with Crippen molar-refractivity contribution in [3.8, 4) is 11.5 Å². The molecule has 0 spiro atoms. The van der Waals surface area contributed by atoms with Gasteiger partial charge in [-0.25, -0.2) is 4.79 Å². The summed E-state index contributed by atoms with van der Waals surface area (Å²) in [5, 5.41) is 27.6. The smallest absolute Gasteiger partial charge is 0.408 e. The number of rotatable bonds is 14. The second-order valence-corrected chi connectivity index (χ2v) is 14.8. The molecular weight excluding hydrogens is 704 g/mol. The number of phenolic OH excluding ortho intramolecular Hbond substituents is 1. The molecule has 4 aliphatic heterocycles. The van der Waals surface area contributed by atoms with Gasteiger partial charge < -0.3 is 45.1 Å². The standard InChI is InChI=1S/C41H48N6O8/c1-45(21-18-42-23-34(49)31-11-13-33(48)38-32(31)12-14-36(50)43-38)37(51)17-22-54-30-9-7-28(8-10-30)39(52)47-25-41(26-47,29-5-3-2-4-6-29)44-40(53)55-35-24-46-19-15-27(35)16-20-46/h2-14,27,34-35,42,48-49H,15-26H2,1H3,(H,43,50)(H,44,53)/t34-,35-/m0/s1. The zero-order valence-corrected chi connectivity index (χ0v) is 30.9. The van der Waals surface area contributed by atoms with E-state index in [9.17, 15) is 29.4 Å². The highest BCUT2D eigenvalue weighted by Gasteiger charge is 2.49. The number of likely N-dealkylation sites (N-methyl/N-ethyl adjacent to an activating group) is 1. The molecule has 3 amide bonds. The van der Waals surface area contributed by atoms with Gasteiger partial charge in [0.05, 0.1) is 37.7 Å². The predicted octanol–water partition coefficient (Wildman–Crippen LogP) is 2.96. The Bertz CT molecular complexity index is 2040. The van der Waals surface area contributed by atoms with Crippen molar-refractivity contribution >= 4 is 28.8 Å². The SMILES string of the molecule is CN(CCNC[C@H](O)c1ccc(O)c2[nH]c(=O)ccc12)C(=O)CCOc1ccc(C(=O)N2CC(NC(=O)O[C@H]3CN4CCC3CC4)(c3ccccc3)C2)cc1. The predicted molar refractivity (Wildman–Crippen MR) is 205 cm³/mol. The number of phenols is 1. The van der Waals surface area contributed by atoms with E-state index >= 15 is 0 Å². The Kier molecular flexibility index (Phi) is 11.4. The number of carbonyl (C=O) groups excluding carboxylic acids is 3. The summed E-state index contributed by atoms with van der Waals surface area (Å²) >= 11 is 0. The molecule has 4 aliphatic rings. The number of pyridine rings is 1. The van der Waals surface area contributed by atoms with Crippen LogP contribution in [0.4, 0.5) is 4.79 Å². The fraction of sp³-hybridized carbons (Fsp3) is 0.415. The Morgan fingerprint density at radius 2 is 1.75 bits per heavy atom. The van der Waals surface area contributed by atoms with E-state index in [1.807, 2.05) is 30.3 Å². The summed E-state index contributed by atoms with van der Waals surface area (Å²) in [7, 11) is 1.70. The lowest BCUT2D eigenvalue weighted by molar-refractivity contribution is -0.130. The average Bonchev–Trinajstić information content (AvgIpc) is 3.18. The molecule has 1 aromatic heterocycles. The first-order valence-electron chi connectivity index (χ1n) is 18.8. The number of nitrogens with one attached hydrogen (secondary N) is 3. The highest BCUT2D eigenvalue weighted by Crippen LogP contribution is 2.35. The largest absolute Gasteiger partial charge is 0.506 e. The Morgan fingerprint density at radius 1 is 1.00 bits per heavy atom. The summed E-state index contributed by atoms with van der Waals surface area (Å²) in [6.45, 7) is 4.73. The van der Waals surface area contributed by atoms with Crippen molar-refractivity contribution in [1.29, 1.82) is 0 Å². The van der Waals surface area contributed by atoms with E-state index in [2.05, 4.69) is 20.5 Å². The molecule has 4 saturated heterocycles. The zero-order valence-electron chi connectivity index (χ0n) is 30.9. The summed E-state index contributed by atoms with van der Waals surface area (Å²) in [4.78, 5) is 59.3. The van der Waals surface area contributed by atoms with Crippen LogP contribution in [-0.4, -0.2) is 120 Å². The number of aromatic hydroxyl groups is 1. The Balaban J connectivity index is 0.835. The number of H-pyrrole nitrogens is 1. The molecule has 290 valence electrons. The lowest BCUT2D eigenvalue weighted by Gasteiger charge is -2.51. The monoisotopic (exact) mass is 752 g/mol. The van der Waals surface area contributed by atoms with Crippen molar-refractivity contribution in [2.24, 2.45) is 5.92 Å². The molecule has 3 aromatic carbocycles. The number of aromatic nitrogens is 1. The van der Waals surface area contributed by atoms with Gasteiger partial charge in [0.15, 0.2) is 0 Å². The number of nitrogens with zero attached hydrogens (tertiary/aromatic N) is 3. The van der Waals surface area contributed by atoms with Crippen LogP contribution in [0.3, 0.4) is 0 Å². The minimum absolute atomic E-state index is 0.0739. The molecule has 8 rings (SSSR count). The van der Waals surface area contributed by atoms with Gasteiger partial charge in [-0.15, -0.1) is 0 Å². The van der Waals surface area contributed by atoms with Gasteiger partial charge in [-0.3, -0.25) is 19.3 Å². The molecule has 0 unspecified atom stereocenters. The first-order valence-corrected chi connectivity index (χ1v) is 18.8. The number of fused-ring (bicyclic) bond motifs is 4. The normalized spacial score (nSPS) is 20.3. The molecule has 55 heavy (non-hydrogen) atoms. The van der Waals surface area contributed by atoms with Crippen LogP contribution < -0.4 is 20.9 Å². The van der Waals surface area contributed by atoms with Crippen LogP contribution in [-0.2, 0) is 15.1 Å². The maximum Gasteiger partial charge on any atom is 0.408 e. The zero-order chi connectivity index (χ0) is 38.5. The van der Waals surface area contributed by atoms with Crippen LogP contribution in [0.15, 0.2) is 83.7 Å². The van der Waals surface area contributed by atoms with Gasteiger partial charge in [-0.1, -0.05) is 36.4 Å². The number of alkyl carbamates (subject to hydrolysis) is 1. The summed E-state index contributed by atoms with van der Waals surface area (Å²) in [5.41, 5.74) is 1.15. The van der Waals surface area contributed by atoms with Gasteiger partial charge in [0.25, 0.3) is 5.91 Å². The highest BCUT2D eigenvalue weighted by molar-refractivity contribution is 5.95. The minimum atomic E-state index is -0.897. The lowest BCUT2D eigenvalue weighted by atomic mass is 9.82. The second kappa shape index (κ2) is 16.5. The highest BCUT2D eigenvalue weighted by atomic mass is 16.6. The van der Waals surface area contributed by atoms with Crippen LogP contribution in [0.25, 0.3) is 10.9 Å². The van der Waals surface area contributed by atoms with E-state index in [0.29, 0.717) is 54.4 Å². The van der Waals surface area contributed by atoms with E-state index in [-0.39, 0.29) is 54.3 Å². The number of benzene rings is 3. The second-order valence-electron chi connectivity index (χ2n) is 14.8. The molecule has 5 heterocycles. The maximum absolute atomic E-state index is 13.5. The number of amides is 3. The average molecular weight is 753 g/mol. The molecule has 0 saturated carbocycles. The lowest BCUT2D eigenvalue weighted by Crippen LogP contribution is -2.69. The fourth-order valence-corrected chi connectivity index (χ4v) is 7.84. The number of hydrogen-bond acceptors (Lipinski definition) is 10. The van der Waals surface area contributed by atoms with Crippen LogP contribution in [0.5, 0.6) is 11.5 Å². The minimum Gasteiger partial charge on any atom is -0.506 e. The number of carbonyl (C=O) groups is 3. The number of piperidine rings is 3. The van der Waals surface area contributed by atoms with Crippen molar-refractivity contribution in [2.45, 2.75) is 37.0 Å². The van der Waals surface area contributed by atoms with Crippen molar-refractivity contribution in [3.63, 3.8) is 0 Å². The van der Waals surface area contributed by atoms with E-state index < -0.39 is 17.7 Å². The summed E-state index contributed by atoms with van der Waals surface area (Å²) in [6, 6.07) is 22.5. The molecule has 0 aliphatic carbocycles. The summed E-state index contributed by atoms with van der Waals surface area (Å²) < 4.78 is 11.7. The van der Waals surface area contributed by atoms with E-state index in [1.165, 1.54) is 12.1 Å². The van der Waals surface area contributed by atoms with Crippen LogP contribution in [0, 0.1) is 5.92 Å². The number of likely N-dealkylation sites (tertiary alicyclic amines) is 1. The quantitative estimate of drug-likeness (QED) is 0.121. The number of aliphatic hydroxyl groups is 1. The van der Waals surface area contributed by atoms with Gasteiger partial charge in [0.2, 0.25) is 11.5 Å². The summed E-state index contributed by atoms with van der Waals surface area (Å²) in [6.07, 6.45) is 0.790. The molecule has 5 N–H and O–H groups in total. The molecule has 4 fully saturated rings. The number of hydrogen-bond donors (Lipinski definition) is 5. The topological polar surface area (TPSA) is 177 Å². The third-order valence-corrected chi connectivity index (χ3v) is 11.1. The van der Waals surface area contributed by atoms with Crippen molar-refractivity contribution in [2.75, 3.05) is 66.0 Å². The first-order chi connectivity index (χ1) is 26.6. The van der Waals surface area contributed by atoms with Crippen molar-refractivity contribution in [3.05, 3.63) is 106 Å². The maximum atomic E-state index is 13.5. The first kappa shape index (κ1) is 37.9. The molecule has 14 heteroatoms. The third-order valence-electron chi connectivity index (χ3n) is 11.1. The van der Waals surface area contributed by atoms with Crippen LogP contribution in [0.2, 0.25) is 0 Å². The van der Waals surface area contributed by atoms with E-state index in [1.54, 1.807) is 53.2 Å². The van der Waals surface area contributed by atoms with Crippen LogP contribution in [0.1, 0.15) is 46.9 Å². The van der Waals surface area contributed by atoms with Gasteiger partial charge in [-0.2, -0.15) is 0 Å². The van der Waals surface area contributed by atoms with E-state index in [0.717, 1.165) is 38.0 Å². The van der Waals surface area contributed by atoms with Gasteiger partial charge in [-0.05, 0) is 79.4 Å².